The quantitative estimate of drug-likeness (QED) is 0.810. The van der Waals surface area contributed by atoms with E-state index in [4.69, 9.17) is 27.9 Å². The van der Waals surface area contributed by atoms with Crippen LogP contribution in [0.3, 0.4) is 0 Å². The number of hydrogen-bond acceptors (Lipinski definition) is 2. The van der Waals surface area contributed by atoms with E-state index in [1.54, 1.807) is 18.2 Å². The van der Waals surface area contributed by atoms with Crippen LogP contribution in [0.4, 0.5) is 0 Å². The fourth-order valence-corrected chi connectivity index (χ4v) is 2.61. The Morgan fingerprint density at radius 2 is 1.87 bits per heavy atom. The molecule has 1 amide bonds. The molecule has 1 atom stereocenters. The van der Waals surface area contributed by atoms with Gasteiger partial charge in [0.1, 0.15) is 5.75 Å². The van der Waals surface area contributed by atoms with E-state index >= 15 is 0 Å². The van der Waals surface area contributed by atoms with Gasteiger partial charge in [-0.05, 0) is 42.7 Å². The van der Waals surface area contributed by atoms with E-state index in [0.29, 0.717) is 15.8 Å². The van der Waals surface area contributed by atoms with E-state index in [1.165, 1.54) is 5.56 Å². The Morgan fingerprint density at radius 1 is 1.17 bits per heavy atom. The lowest BCUT2D eigenvalue weighted by atomic mass is 10.1. The standard InChI is InChI=1S/C18H19Cl2NO2/c1-3-13-4-6-14(7-5-13)12(2)21-18(22)11-23-17-9-8-15(19)10-16(17)20/h4-10,12H,3,11H2,1-2H3,(H,21,22)/t12-/m0/s1. The van der Waals surface area contributed by atoms with Crippen molar-refractivity contribution >= 4 is 29.1 Å². The molecular formula is C18H19Cl2NO2. The van der Waals surface area contributed by atoms with Gasteiger partial charge in [-0.15, -0.1) is 0 Å². The summed E-state index contributed by atoms with van der Waals surface area (Å²) in [5, 5.41) is 3.81. The second kappa shape index (κ2) is 8.23. The van der Waals surface area contributed by atoms with Crippen molar-refractivity contribution in [3.05, 3.63) is 63.6 Å². The molecule has 2 aromatic rings. The van der Waals surface area contributed by atoms with Gasteiger partial charge in [-0.3, -0.25) is 4.79 Å². The maximum atomic E-state index is 12.0. The van der Waals surface area contributed by atoms with Crippen molar-refractivity contribution in [2.24, 2.45) is 0 Å². The molecule has 0 saturated heterocycles. The molecule has 0 aliphatic rings. The van der Waals surface area contributed by atoms with Crippen LogP contribution < -0.4 is 10.1 Å². The highest BCUT2D eigenvalue weighted by Gasteiger charge is 2.11. The molecular weight excluding hydrogens is 333 g/mol. The lowest BCUT2D eigenvalue weighted by molar-refractivity contribution is -0.123. The molecule has 0 unspecified atom stereocenters. The minimum atomic E-state index is -0.205. The smallest absolute Gasteiger partial charge is 0.258 e. The first kappa shape index (κ1) is 17.6. The van der Waals surface area contributed by atoms with E-state index in [2.05, 4.69) is 24.4 Å². The van der Waals surface area contributed by atoms with Crippen LogP contribution >= 0.6 is 23.2 Å². The van der Waals surface area contributed by atoms with Gasteiger partial charge in [0.25, 0.3) is 5.91 Å². The Kier molecular flexibility index (Phi) is 6.31. The first-order chi connectivity index (χ1) is 11.0. The number of hydrogen-bond donors (Lipinski definition) is 1. The lowest BCUT2D eigenvalue weighted by Crippen LogP contribution is -2.31. The zero-order valence-corrected chi connectivity index (χ0v) is 14.6. The van der Waals surface area contributed by atoms with Gasteiger partial charge in [-0.25, -0.2) is 0 Å². The lowest BCUT2D eigenvalue weighted by Gasteiger charge is -2.15. The fourth-order valence-electron chi connectivity index (χ4n) is 2.14. The van der Waals surface area contributed by atoms with Crippen molar-refractivity contribution in [2.75, 3.05) is 6.61 Å². The largest absolute Gasteiger partial charge is 0.482 e. The van der Waals surface area contributed by atoms with Crippen LogP contribution in [0.25, 0.3) is 0 Å². The van der Waals surface area contributed by atoms with E-state index in [1.807, 2.05) is 19.1 Å². The molecule has 0 aliphatic heterocycles. The highest BCUT2D eigenvalue weighted by atomic mass is 35.5. The molecule has 0 radical (unpaired) electrons. The Bertz CT molecular complexity index is 671. The monoisotopic (exact) mass is 351 g/mol. The van der Waals surface area contributed by atoms with E-state index < -0.39 is 0 Å². The molecule has 0 aromatic heterocycles. The summed E-state index contributed by atoms with van der Waals surface area (Å²) in [5.74, 6) is 0.231. The number of rotatable bonds is 6. The zero-order chi connectivity index (χ0) is 16.8. The Hall–Kier alpha value is -1.71. The van der Waals surface area contributed by atoms with Crippen molar-refractivity contribution in [2.45, 2.75) is 26.3 Å². The number of nitrogens with one attached hydrogen (secondary N) is 1. The second-order valence-electron chi connectivity index (χ2n) is 5.25. The third-order valence-electron chi connectivity index (χ3n) is 3.52. The van der Waals surface area contributed by atoms with Gasteiger partial charge >= 0.3 is 0 Å². The minimum Gasteiger partial charge on any atom is -0.482 e. The van der Waals surface area contributed by atoms with Gasteiger partial charge in [-0.2, -0.15) is 0 Å². The summed E-state index contributed by atoms with van der Waals surface area (Å²) >= 11 is 11.8. The first-order valence-electron chi connectivity index (χ1n) is 7.45. The van der Waals surface area contributed by atoms with Gasteiger partial charge in [0.15, 0.2) is 6.61 Å². The highest BCUT2D eigenvalue weighted by molar-refractivity contribution is 6.35. The van der Waals surface area contributed by atoms with Crippen LogP contribution in [-0.2, 0) is 11.2 Å². The van der Waals surface area contributed by atoms with Crippen LogP contribution in [0.1, 0.15) is 31.0 Å². The molecule has 5 heteroatoms. The van der Waals surface area contributed by atoms with Crippen molar-refractivity contribution in [1.29, 1.82) is 0 Å². The van der Waals surface area contributed by atoms with Crippen LogP contribution in [-0.4, -0.2) is 12.5 Å². The highest BCUT2D eigenvalue weighted by Crippen LogP contribution is 2.27. The molecule has 0 heterocycles. The van der Waals surface area contributed by atoms with Gasteiger partial charge in [0.2, 0.25) is 0 Å². The first-order valence-corrected chi connectivity index (χ1v) is 8.21. The molecule has 1 N–H and O–H groups in total. The molecule has 23 heavy (non-hydrogen) atoms. The van der Waals surface area contributed by atoms with E-state index in [0.717, 1.165) is 12.0 Å². The number of halogens is 2. The second-order valence-corrected chi connectivity index (χ2v) is 6.09. The van der Waals surface area contributed by atoms with Gasteiger partial charge in [0, 0.05) is 5.02 Å². The normalized spacial score (nSPS) is 11.8. The minimum absolute atomic E-state index is 0.0855. The summed E-state index contributed by atoms with van der Waals surface area (Å²) in [6.07, 6.45) is 0.997. The number of ether oxygens (including phenoxy) is 1. The van der Waals surface area contributed by atoms with Gasteiger partial charge in [-0.1, -0.05) is 54.4 Å². The molecule has 2 rings (SSSR count). The maximum absolute atomic E-state index is 12.0. The molecule has 122 valence electrons. The SMILES string of the molecule is CCc1ccc([C@H](C)NC(=O)COc2ccc(Cl)cc2Cl)cc1. The Labute approximate surface area is 146 Å². The fraction of sp³-hybridized carbons (Fsp3) is 0.278. The van der Waals surface area contributed by atoms with Crippen LogP contribution in [0.2, 0.25) is 10.0 Å². The Morgan fingerprint density at radius 3 is 2.48 bits per heavy atom. The van der Waals surface area contributed by atoms with Crippen molar-refractivity contribution in [1.82, 2.24) is 5.32 Å². The topological polar surface area (TPSA) is 38.3 Å². The molecule has 0 aliphatic carbocycles. The molecule has 0 spiro atoms. The van der Waals surface area contributed by atoms with Crippen LogP contribution in [0, 0.1) is 0 Å². The predicted molar refractivity (Wildman–Crippen MR) is 94.3 cm³/mol. The summed E-state index contributed by atoms with van der Waals surface area (Å²) < 4.78 is 5.42. The summed E-state index contributed by atoms with van der Waals surface area (Å²) in [5.41, 5.74) is 2.33. The molecule has 0 saturated carbocycles. The maximum Gasteiger partial charge on any atom is 0.258 e. The van der Waals surface area contributed by atoms with E-state index in [9.17, 15) is 4.79 Å². The number of benzene rings is 2. The Balaban J connectivity index is 1.88. The van der Waals surface area contributed by atoms with Gasteiger partial charge in [0.05, 0.1) is 11.1 Å². The van der Waals surface area contributed by atoms with Crippen molar-refractivity contribution in [3.8, 4) is 5.75 Å². The summed E-state index contributed by atoms with van der Waals surface area (Å²) in [4.78, 5) is 12.0. The van der Waals surface area contributed by atoms with Crippen LogP contribution in [0.15, 0.2) is 42.5 Å². The van der Waals surface area contributed by atoms with Gasteiger partial charge < -0.3 is 10.1 Å². The number of amides is 1. The van der Waals surface area contributed by atoms with Crippen molar-refractivity contribution < 1.29 is 9.53 Å². The molecule has 2 aromatic carbocycles. The molecule has 3 nitrogen and oxygen atoms in total. The predicted octanol–water partition coefficient (Wildman–Crippen LogP) is 4.81. The number of carbonyl (C=O) groups excluding carboxylic acids is 1. The average molecular weight is 352 g/mol. The average Bonchev–Trinajstić information content (AvgIpc) is 2.54. The summed E-state index contributed by atoms with van der Waals surface area (Å²) in [7, 11) is 0. The summed E-state index contributed by atoms with van der Waals surface area (Å²) in [6.45, 7) is 3.95. The molecule has 0 bridgehead atoms. The third-order valence-corrected chi connectivity index (χ3v) is 4.05. The molecule has 0 fully saturated rings. The number of aryl methyl sites for hydroxylation is 1. The van der Waals surface area contributed by atoms with E-state index in [-0.39, 0.29) is 18.6 Å². The zero-order valence-electron chi connectivity index (χ0n) is 13.1. The van der Waals surface area contributed by atoms with Crippen LogP contribution in [0.5, 0.6) is 5.75 Å². The summed E-state index contributed by atoms with van der Waals surface area (Å²) in [6, 6.07) is 13.0. The number of carbonyl (C=O) groups is 1. The van der Waals surface area contributed by atoms with Crippen molar-refractivity contribution in [3.63, 3.8) is 0 Å². The third kappa shape index (κ3) is 5.15.